The Morgan fingerprint density at radius 1 is 1.50 bits per heavy atom. The SMILES string of the molecule is CN(CC(N)=O)c1nc(Cl)nc(-n2cccn2)n1. The van der Waals surface area contributed by atoms with Gasteiger partial charge in [0, 0.05) is 19.4 Å². The van der Waals surface area contributed by atoms with Gasteiger partial charge in [0.05, 0.1) is 6.54 Å². The van der Waals surface area contributed by atoms with Crippen LogP contribution in [-0.2, 0) is 4.79 Å². The number of likely N-dealkylation sites (N-methyl/N-ethyl adjacent to an activating group) is 1. The van der Waals surface area contributed by atoms with E-state index in [4.69, 9.17) is 17.3 Å². The number of amides is 1. The van der Waals surface area contributed by atoms with Crippen LogP contribution >= 0.6 is 11.6 Å². The van der Waals surface area contributed by atoms with Gasteiger partial charge in [-0.15, -0.1) is 0 Å². The second-order valence-corrected chi connectivity index (χ2v) is 3.82. The second kappa shape index (κ2) is 4.96. The highest BCUT2D eigenvalue weighted by atomic mass is 35.5. The first kappa shape index (κ1) is 12.2. The molecular weight excluding hydrogens is 258 g/mol. The van der Waals surface area contributed by atoms with Crippen molar-refractivity contribution < 1.29 is 4.79 Å². The zero-order valence-electron chi connectivity index (χ0n) is 9.49. The first-order valence-electron chi connectivity index (χ1n) is 4.97. The number of halogens is 1. The van der Waals surface area contributed by atoms with Crippen LogP contribution in [0.3, 0.4) is 0 Å². The van der Waals surface area contributed by atoms with Crippen LogP contribution in [0.5, 0.6) is 0 Å². The monoisotopic (exact) mass is 267 g/mol. The number of aromatic nitrogens is 5. The molecule has 0 saturated heterocycles. The van der Waals surface area contributed by atoms with Gasteiger partial charge in [0.15, 0.2) is 0 Å². The topological polar surface area (TPSA) is 103 Å². The number of carbonyl (C=O) groups is 1. The molecule has 2 rings (SSSR count). The molecule has 8 nitrogen and oxygen atoms in total. The molecule has 0 atom stereocenters. The van der Waals surface area contributed by atoms with Crippen LogP contribution < -0.4 is 10.6 Å². The third-order valence-corrected chi connectivity index (χ3v) is 2.20. The Balaban J connectivity index is 2.35. The van der Waals surface area contributed by atoms with Crippen LogP contribution in [0.2, 0.25) is 5.28 Å². The molecule has 1 amide bonds. The molecule has 2 aromatic rings. The van der Waals surface area contributed by atoms with E-state index in [2.05, 4.69) is 20.1 Å². The van der Waals surface area contributed by atoms with Crippen LogP contribution in [0.25, 0.3) is 5.95 Å². The van der Waals surface area contributed by atoms with E-state index in [1.807, 2.05) is 0 Å². The molecule has 94 valence electrons. The first-order chi connectivity index (χ1) is 8.56. The Hall–Kier alpha value is -2.22. The molecule has 0 saturated carbocycles. The molecule has 9 heteroatoms. The molecule has 2 aromatic heterocycles. The van der Waals surface area contributed by atoms with Crippen molar-refractivity contribution in [1.82, 2.24) is 24.7 Å². The quantitative estimate of drug-likeness (QED) is 0.811. The van der Waals surface area contributed by atoms with E-state index < -0.39 is 5.91 Å². The molecular formula is C9H10ClN7O. The van der Waals surface area contributed by atoms with E-state index >= 15 is 0 Å². The highest BCUT2D eigenvalue weighted by molar-refractivity contribution is 6.28. The Morgan fingerprint density at radius 2 is 2.28 bits per heavy atom. The van der Waals surface area contributed by atoms with Crippen LogP contribution in [0.1, 0.15) is 0 Å². The summed E-state index contributed by atoms with van der Waals surface area (Å²) in [6.45, 7) is -0.0150. The average Bonchev–Trinajstić information content (AvgIpc) is 2.80. The Bertz CT molecular complexity index is 556. The van der Waals surface area contributed by atoms with E-state index in [9.17, 15) is 4.79 Å². The molecule has 0 bridgehead atoms. The fraction of sp³-hybridized carbons (Fsp3) is 0.222. The standard InChI is InChI=1S/C9H10ClN7O/c1-16(5-6(11)18)8-13-7(10)14-9(15-8)17-4-2-3-12-17/h2-4H,5H2,1H3,(H2,11,18). The second-order valence-electron chi connectivity index (χ2n) is 3.48. The third kappa shape index (κ3) is 2.72. The van der Waals surface area contributed by atoms with E-state index in [1.165, 1.54) is 9.58 Å². The summed E-state index contributed by atoms with van der Waals surface area (Å²) >= 11 is 5.80. The fourth-order valence-electron chi connectivity index (χ4n) is 1.29. The Kier molecular flexibility index (Phi) is 3.38. The van der Waals surface area contributed by atoms with Gasteiger partial charge >= 0.3 is 0 Å². The lowest BCUT2D eigenvalue weighted by atomic mass is 10.5. The van der Waals surface area contributed by atoms with Crippen molar-refractivity contribution in [3.05, 3.63) is 23.7 Å². The van der Waals surface area contributed by atoms with Gasteiger partial charge in [-0.25, -0.2) is 4.68 Å². The summed E-state index contributed by atoms with van der Waals surface area (Å²) in [5, 5.41) is 4.00. The zero-order chi connectivity index (χ0) is 13.1. The van der Waals surface area contributed by atoms with Crippen molar-refractivity contribution in [2.45, 2.75) is 0 Å². The van der Waals surface area contributed by atoms with Crippen molar-refractivity contribution in [2.75, 3.05) is 18.5 Å². The van der Waals surface area contributed by atoms with Gasteiger partial charge in [0.2, 0.25) is 17.1 Å². The van der Waals surface area contributed by atoms with Crippen LogP contribution in [-0.4, -0.2) is 44.2 Å². The summed E-state index contributed by atoms with van der Waals surface area (Å²) in [6.07, 6.45) is 3.26. The first-order valence-corrected chi connectivity index (χ1v) is 5.35. The lowest BCUT2D eigenvalue weighted by Gasteiger charge is -2.15. The van der Waals surface area contributed by atoms with Gasteiger partial charge in [-0.1, -0.05) is 0 Å². The van der Waals surface area contributed by atoms with Gasteiger partial charge < -0.3 is 10.6 Å². The maximum Gasteiger partial charge on any atom is 0.256 e. The number of hydrogen-bond donors (Lipinski definition) is 1. The summed E-state index contributed by atoms with van der Waals surface area (Å²) in [5.41, 5.74) is 5.10. The summed E-state index contributed by atoms with van der Waals surface area (Å²) in [6, 6.07) is 1.73. The highest BCUT2D eigenvalue weighted by Gasteiger charge is 2.12. The highest BCUT2D eigenvalue weighted by Crippen LogP contribution is 2.11. The van der Waals surface area contributed by atoms with Gasteiger partial charge in [-0.3, -0.25) is 4.79 Å². The zero-order valence-corrected chi connectivity index (χ0v) is 10.2. The number of nitrogens with two attached hydrogens (primary N) is 1. The summed E-state index contributed by atoms with van der Waals surface area (Å²) in [5.74, 6) is 0.0281. The maximum absolute atomic E-state index is 10.8. The number of rotatable bonds is 4. The molecule has 0 aromatic carbocycles. The van der Waals surface area contributed by atoms with Crippen molar-refractivity contribution in [1.29, 1.82) is 0 Å². The number of primary amides is 1. The van der Waals surface area contributed by atoms with Gasteiger partial charge in [0.1, 0.15) is 0 Å². The Morgan fingerprint density at radius 3 is 2.89 bits per heavy atom. The van der Waals surface area contributed by atoms with E-state index in [0.717, 1.165) is 0 Å². The number of hydrogen-bond acceptors (Lipinski definition) is 6. The lowest BCUT2D eigenvalue weighted by Crippen LogP contribution is -2.32. The minimum Gasteiger partial charge on any atom is -0.368 e. The number of anilines is 1. The maximum atomic E-state index is 10.8. The molecule has 0 aliphatic carbocycles. The van der Waals surface area contributed by atoms with Crippen LogP contribution in [0.4, 0.5) is 5.95 Å². The van der Waals surface area contributed by atoms with Gasteiger partial charge in [-0.05, 0) is 17.7 Å². The summed E-state index contributed by atoms with van der Waals surface area (Å²) < 4.78 is 1.44. The van der Waals surface area contributed by atoms with E-state index in [-0.39, 0.29) is 23.7 Å². The normalized spacial score (nSPS) is 10.3. The molecule has 2 N–H and O–H groups in total. The molecule has 18 heavy (non-hydrogen) atoms. The van der Waals surface area contributed by atoms with Crippen molar-refractivity contribution in [2.24, 2.45) is 5.73 Å². The minimum absolute atomic E-state index is 0.0150. The fourth-order valence-corrected chi connectivity index (χ4v) is 1.45. The van der Waals surface area contributed by atoms with Gasteiger partial charge in [0.25, 0.3) is 5.95 Å². The molecule has 0 unspecified atom stereocenters. The van der Waals surface area contributed by atoms with Crippen LogP contribution in [0, 0.1) is 0 Å². The largest absolute Gasteiger partial charge is 0.368 e. The smallest absolute Gasteiger partial charge is 0.256 e. The minimum atomic E-state index is -0.491. The molecule has 0 aliphatic heterocycles. The molecule has 0 fully saturated rings. The van der Waals surface area contributed by atoms with Crippen molar-refractivity contribution in [3.8, 4) is 5.95 Å². The number of carbonyl (C=O) groups excluding carboxylic acids is 1. The lowest BCUT2D eigenvalue weighted by molar-refractivity contribution is -0.116. The average molecular weight is 268 g/mol. The number of nitrogens with zero attached hydrogens (tertiary/aromatic N) is 6. The van der Waals surface area contributed by atoms with Crippen LogP contribution in [0.15, 0.2) is 18.5 Å². The molecule has 0 aliphatic rings. The van der Waals surface area contributed by atoms with Crippen molar-refractivity contribution in [3.63, 3.8) is 0 Å². The Labute approximate surface area is 107 Å². The van der Waals surface area contributed by atoms with E-state index in [1.54, 1.807) is 25.5 Å². The van der Waals surface area contributed by atoms with E-state index in [0.29, 0.717) is 0 Å². The third-order valence-electron chi connectivity index (χ3n) is 2.03. The molecule has 0 radical (unpaired) electrons. The van der Waals surface area contributed by atoms with Gasteiger partial charge in [-0.2, -0.15) is 20.1 Å². The molecule has 2 heterocycles. The molecule has 0 spiro atoms. The summed E-state index contributed by atoms with van der Waals surface area (Å²) in [7, 11) is 1.63. The predicted octanol–water partition coefficient (Wildman–Crippen LogP) is -0.368. The predicted molar refractivity (Wildman–Crippen MR) is 64.4 cm³/mol. The summed E-state index contributed by atoms with van der Waals surface area (Å²) in [4.78, 5) is 24.3. The van der Waals surface area contributed by atoms with Crippen molar-refractivity contribution >= 4 is 23.5 Å².